The lowest BCUT2D eigenvalue weighted by molar-refractivity contribution is -0.155. The van der Waals surface area contributed by atoms with E-state index in [1.807, 2.05) is 0 Å². The maximum atomic E-state index is 11.9. The summed E-state index contributed by atoms with van der Waals surface area (Å²) >= 11 is 0. The molecule has 0 aromatic heterocycles. The summed E-state index contributed by atoms with van der Waals surface area (Å²) in [6, 6.07) is 0.142. The normalized spacial score (nSPS) is 19.5. The molecule has 98 valence electrons. The van der Waals surface area contributed by atoms with Crippen LogP contribution in [0.1, 0.15) is 46.5 Å². The summed E-state index contributed by atoms with van der Waals surface area (Å²) in [7, 11) is 0. The van der Waals surface area contributed by atoms with Crippen molar-refractivity contribution < 1.29 is 19.8 Å². The largest absolute Gasteiger partial charge is 0.480 e. The Bertz CT molecular complexity index is 317. The van der Waals surface area contributed by atoms with Crippen LogP contribution in [0.4, 0.5) is 0 Å². The molecule has 5 heteroatoms. The molecule has 0 aliphatic heterocycles. The minimum absolute atomic E-state index is 0.129. The van der Waals surface area contributed by atoms with Crippen LogP contribution < -0.4 is 5.32 Å². The fourth-order valence-corrected chi connectivity index (χ4v) is 1.45. The summed E-state index contributed by atoms with van der Waals surface area (Å²) < 4.78 is 0. The third kappa shape index (κ3) is 4.00. The van der Waals surface area contributed by atoms with Gasteiger partial charge in [-0.3, -0.25) is 9.59 Å². The molecule has 0 radical (unpaired) electrons. The average Bonchev–Trinajstić information content (AvgIpc) is 2.96. The first-order chi connectivity index (χ1) is 7.65. The number of aliphatic carboxylic acids is 1. The highest BCUT2D eigenvalue weighted by Gasteiger charge is 2.43. The maximum absolute atomic E-state index is 11.9. The molecule has 0 spiro atoms. The van der Waals surface area contributed by atoms with Crippen LogP contribution in [-0.2, 0) is 9.59 Å². The van der Waals surface area contributed by atoms with Gasteiger partial charge in [0.25, 0.3) is 0 Å². The van der Waals surface area contributed by atoms with Crippen LogP contribution in [0.5, 0.6) is 0 Å². The van der Waals surface area contributed by atoms with Gasteiger partial charge in [0.2, 0.25) is 5.91 Å². The van der Waals surface area contributed by atoms with Gasteiger partial charge in [-0.2, -0.15) is 0 Å². The van der Waals surface area contributed by atoms with Gasteiger partial charge in [-0.25, -0.2) is 0 Å². The lowest BCUT2D eigenvalue weighted by Crippen LogP contribution is -2.46. The smallest absolute Gasteiger partial charge is 0.318 e. The molecule has 17 heavy (non-hydrogen) atoms. The van der Waals surface area contributed by atoms with Gasteiger partial charge in [-0.05, 0) is 46.5 Å². The van der Waals surface area contributed by atoms with E-state index in [0.29, 0.717) is 0 Å². The number of carboxylic acids is 1. The van der Waals surface area contributed by atoms with Crippen molar-refractivity contribution in [1.29, 1.82) is 0 Å². The fourth-order valence-electron chi connectivity index (χ4n) is 1.45. The van der Waals surface area contributed by atoms with Crippen LogP contribution in [-0.4, -0.2) is 33.7 Å². The molecule has 1 amide bonds. The Labute approximate surface area is 101 Å². The van der Waals surface area contributed by atoms with Crippen molar-refractivity contribution in [2.75, 3.05) is 0 Å². The van der Waals surface area contributed by atoms with Gasteiger partial charge < -0.3 is 15.5 Å². The number of hydrogen-bond acceptors (Lipinski definition) is 3. The Morgan fingerprint density at radius 3 is 2.12 bits per heavy atom. The van der Waals surface area contributed by atoms with Crippen LogP contribution in [0.15, 0.2) is 0 Å². The third-order valence-corrected chi connectivity index (χ3v) is 3.12. The van der Waals surface area contributed by atoms with Crippen molar-refractivity contribution in [2.45, 2.75) is 58.1 Å². The van der Waals surface area contributed by atoms with Crippen molar-refractivity contribution in [2.24, 2.45) is 5.41 Å². The molecule has 0 heterocycles. The summed E-state index contributed by atoms with van der Waals surface area (Å²) in [5.74, 6) is -1.59. The van der Waals surface area contributed by atoms with Crippen molar-refractivity contribution >= 4 is 11.9 Å². The highest BCUT2D eigenvalue weighted by atomic mass is 16.4. The molecule has 1 aliphatic carbocycles. The number of amides is 1. The molecule has 0 aromatic rings. The van der Waals surface area contributed by atoms with E-state index in [1.165, 1.54) is 6.92 Å². The second-order valence-corrected chi connectivity index (χ2v) is 5.70. The monoisotopic (exact) mass is 243 g/mol. The van der Waals surface area contributed by atoms with Gasteiger partial charge in [0, 0.05) is 6.04 Å². The number of carbonyl (C=O) groups excluding carboxylic acids is 1. The quantitative estimate of drug-likeness (QED) is 0.605. The Morgan fingerprint density at radius 2 is 1.76 bits per heavy atom. The standard InChI is InChI=1S/C12H21NO4/c1-11(2,17)6-7-12(3,10(15)16)9(14)13-8-4-5-8/h8,17H,4-7H2,1-3H3,(H,13,14)(H,15,16). The first-order valence-corrected chi connectivity index (χ1v) is 5.92. The Hall–Kier alpha value is -1.10. The summed E-state index contributed by atoms with van der Waals surface area (Å²) in [5, 5.41) is 21.5. The predicted molar refractivity (Wildman–Crippen MR) is 62.4 cm³/mol. The first kappa shape index (κ1) is 14.0. The molecule has 1 rings (SSSR count). The SMILES string of the molecule is CC(C)(O)CCC(C)(C(=O)O)C(=O)NC1CC1. The van der Waals surface area contributed by atoms with E-state index in [0.717, 1.165) is 12.8 Å². The third-order valence-electron chi connectivity index (χ3n) is 3.12. The number of carbonyl (C=O) groups is 2. The van der Waals surface area contributed by atoms with E-state index in [2.05, 4.69) is 5.32 Å². The van der Waals surface area contributed by atoms with Crippen LogP contribution in [0.2, 0.25) is 0 Å². The summed E-state index contributed by atoms with van der Waals surface area (Å²) in [6.07, 6.45) is 2.25. The van der Waals surface area contributed by atoms with Crippen molar-refractivity contribution in [3.8, 4) is 0 Å². The van der Waals surface area contributed by atoms with Crippen molar-refractivity contribution in [3.05, 3.63) is 0 Å². The highest BCUT2D eigenvalue weighted by Crippen LogP contribution is 2.29. The zero-order valence-corrected chi connectivity index (χ0v) is 10.6. The van der Waals surface area contributed by atoms with Crippen molar-refractivity contribution in [3.63, 3.8) is 0 Å². The second kappa shape index (κ2) is 4.64. The van der Waals surface area contributed by atoms with E-state index in [1.54, 1.807) is 13.8 Å². The van der Waals surface area contributed by atoms with E-state index in [4.69, 9.17) is 0 Å². The first-order valence-electron chi connectivity index (χ1n) is 5.92. The molecule has 5 nitrogen and oxygen atoms in total. The second-order valence-electron chi connectivity index (χ2n) is 5.70. The highest BCUT2D eigenvalue weighted by molar-refractivity contribution is 6.01. The molecule has 1 fully saturated rings. The molecule has 1 unspecified atom stereocenters. The zero-order valence-electron chi connectivity index (χ0n) is 10.6. The Morgan fingerprint density at radius 1 is 1.24 bits per heavy atom. The van der Waals surface area contributed by atoms with Crippen molar-refractivity contribution in [1.82, 2.24) is 5.32 Å². The Kier molecular flexibility index (Phi) is 3.81. The predicted octanol–water partition coefficient (Wildman–Crippen LogP) is 0.907. The van der Waals surface area contributed by atoms with Gasteiger partial charge in [0.1, 0.15) is 5.41 Å². The molecule has 0 bridgehead atoms. The minimum atomic E-state index is -1.46. The minimum Gasteiger partial charge on any atom is -0.480 e. The lowest BCUT2D eigenvalue weighted by Gasteiger charge is -2.27. The van der Waals surface area contributed by atoms with E-state index < -0.39 is 22.9 Å². The number of nitrogens with one attached hydrogen (secondary N) is 1. The van der Waals surface area contributed by atoms with E-state index in [-0.39, 0.29) is 18.9 Å². The van der Waals surface area contributed by atoms with Crippen LogP contribution in [0.25, 0.3) is 0 Å². The van der Waals surface area contributed by atoms with Crippen LogP contribution in [0, 0.1) is 5.41 Å². The maximum Gasteiger partial charge on any atom is 0.318 e. The molecule has 0 aromatic carbocycles. The number of hydrogen-bond donors (Lipinski definition) is 3. The summed E-state index contributed by atoms with van der Waals surface area (Å²) in [6.45, 7) is 4.63. The van der Waals surface area contributed by atoms with E-state index in [9.17, 15) is 19.8 Å². The van der Waals surface area contributed by atoms with Crippen LogP contribution >= 0.6 is 0 Å². The zero-order chi connectivity index (χ0) is 13.3. The van der Waals surface area contributed by atoms with E-state index >= 15 is 0 Å². The molecular formula is C12H21NO4. The lowest BCUT2D eigenvalue weighted by atomic mass is 9.81. The summed E-state index contributed by atoms with van der Waals surface area (Å²) in [5.41, 5.74) is -2.42. The summed E-state index contributed by atoms with van der Waals surface area (Å²) in [4.78, 5) is 23.1. The molecule has 1 saturated carbocycles. The molecule has 1 aliphatic rings. The van der Waals surface area contributed by atoms with Gasteiger partial charge >= 0.3 is 5.97 Å². The topological polar surface area (TPSA) is 86.6 Å². The fraction of sp³-hybridized carbons (Fsp3) is 0.833. The number of aliphatic hydroxyl groups is 1. The Balaban J connectivity index is 2.66. The van der Waals surface area contributed by atoms with Gasteiger partial charge in [0.05, 0.1) is 5.60 Å². The van der Waals surface area contributed by atoms with Gasteiger partial charge in [0.15, 0.2) is 0 Å². The average molecular weight is 243 g/mol. The molecule has 0 saturated heterocycles. The van der Waals surface area contributed by atoms with Gasteiger partial charge in [-0.15, -0.1) is 0 Å². The molecule has 1 atom stereocenters. The number of rotatable bonds is 6. The van der Waals surface area contributed by atoms with Crippen LogP contribution in [0.3, 0.4) is 0 Å². The number of carboxylic acid groups (broad SMARTS) is 1. The molecule has 3 N–H and O–H groups in total. The van der Waals surface area contributed by atoms with Gasteiger partial charge in [-0.1, -0.05) is 0 Å². The molecular weight excluding hydrogens is 222 g/mol.